The Morgan fingerprint density at radius 1 is 1.12 bits per heavy atom. The molecule has 3 N–H and O–H groups in total. The fraction of sp³-hybridized carbons (Fsp3) is 0.480. The molecule has 1 aliphatic heterocycles. The predicted molar refractivity (Wildman–Crippen MR) is 122 cm³/mol. The third-order valence-electron chi connectivity index (χ3n) is 6.91. The topological polar surface area (TPSA) is 92.2 Å². The highest BCUT2D eigenvalue weighted by Gasteiger charge is 2.42. The van der Waals surface area contributed by atoms with E-state index < -0.39 is 11.8 Å². The highest BCUT2D eigenvalue weighted by atomic mass is 16.2. The molecule has 0 saturated heterocycles. The van der Waals surface area contributed by atoms with Gasteiger partial charge in [0.2, 0.25) is 11.8 Å². The number of hydrogen-bond donors (Lipinski definition) is 3. The van der Waals surface area contributed by atoms with Crippen molar-refractivity contribution in [2.45, 2.75) is 63.7 Å². The van der Waals surface area contributed by atoms with E-state index in [1.165, 1.54) is 0 Å². The zero-order chi connectivity index (χ0) is 22.8. The van der Waals surface area contributed by atoms with Gasteiger partial charge in [0, 0.05) is 30.9 Å². The summed E-state index contributed by atoms with van der Waals surface area (Å²) >= 11 is 0. The Bertz CT molecular complexity index is 1000. The van der Waals surface area contributed by atoms with Crippen LogP contribution in [0.5, 0.6) is 0 Å². The van der Waals surface area contributed by atoms with Gasteiger partial charge in [0.25, 0.3) is 0 Å². The largest absolute Gasteiger partial charge is 0.351 e. The van der Waals surface area contributed by atoms with Gasteiger partial charge in [-0.1, -0.05) is 30.3 Å². The third-order valence-corrected chi connectivity index (χ3v) is 6.91. The smallest absolute Gasteiger partial charge is 0.237 e. The number of benzene rings is 1. The number of nitrogens with zero attached hydrogens (tertiary/aromatic N) is 1. The number of likely N-dealkylation sites (N-methyl/N-ethyl adjacent to an activating group) is 1. The molecule has 1 aliphatic carbocycles. The van der Waals surface area contributed by atoms with E-state index in [2.05, 4.69) is 26.6 Å². The van der Waals surface area contributed by atoms with E-state index in [1.807, 2.05) is 43.5 Å². The van der Waals surface area contributed by atoms with Crippen LogP contribution in [-0.4, -0.2) is 41.3 Å². The van der Waals surface area contributed by atoms with Crippen LogP contribution in [0, 0.1) is 5.92 Å². The summed E-state index contributed by atoms with van der Waals surface area (Å²) in [5.74, 6) is -1.05. The first-order valence-corrected chi connectivity index (χ1v) is 11.4. The molecule has 2 aliphatic rings. The lowest BCUT2D eigenvalue weighted by molar-refractivity contribution is -0.131. The molecule has 0 bridgehead atoms. The van der Waals surface area contributed by atoms with Crippen molar-refractivity contribution in [2.24, 2.45) is 5.92 Å². The van der Waals surface area contributed by atoms with Gasteiger partial charge in [-0.25, -0.2) is 0 Å². The molecule has 4 rings (SSSR count). The summed E-state index contributed by atoms with van der Waals surface area (Å²) in [6, 6.07) is 11.1. The molecule has 0 radical (unpaired) electrons. The summed E-state index contributed by atoms with van der Waals surface area (Å²) in [6.07, 6.45) is 3.69. The number of aryl methyl sites for hydroxylation is 1. The van der Waals surface area contributed by atoms with E-state index >= 15 is 0 Å². The van der Waals surface area contributed by atoms with Crippen LogP contribution in [-0.2, 0) is 27.3 Å². The second-order valence-corrected chi connectivity index (χ2v) is 9.03. The monoisotopic (exact) mass is 436 g/mol. The Morgan fingerprint density at radius 3 is 2.59 bits per heavy atom. The molecular weight excluding hydrogens is 404 g/mol. The Hall–Kier alpha value is -2.93. The molecule has 170 valence electrons. The second kappa shape index (κ2) is 9.28. The summed E-state index contributed by atoms with van der Waals surface area (Å²) < 4.78 is 2.06. The van der Waals surface area contributed by atoms with Crippen LogP contribution in [0.1, 0.15) is 55.5 Å². The number of aromatic nitrogens is 1. The van der Waals surface area contributed by atoms with Gasteiger partial charge in [-0.2, -0.15) is 0 Å². The Kier molecular flexibility index (Phi) is 6.46. The summed E-state index contributed by atoms with van der Waals surface area (Å²) in [4.78, 5) is 39.1. The Labute approximate surface area is 189 Å². The summed E-state index contributed by atoms with van der Waals surface area (Å²) in [5.41, 5.74) is 3.14. The fourth-order valence-electron chi connectivity index (χ4n) is 4.92. The zero-order valence-electron chi connectivity index (χ0n) is 18.9. The van der Waals surface area contributed by atoms with E-state index in [1.54, 1.807) is 14.0 Å². The average molecular weight is 437 g/mol. The predicted octanol–water partition coefficient (Wildman–Crippen LogP) is 2.08. The van der Waals surface area contributed by atoms with Crippen LogP contribution in [0.4, 0.5) is 0 Å². The van der Waals surface area contributed by atoms with Gasteiger partial charge in [0.1, 0.15) is 5.78 Å². The van der Waals surface area contributed by atoms with E-state index in [-0.39, 0.29) is 42.1 Å². The average Bonchev–Trinajstić information content (AvgIpc) is 3.13. The molecule has 2 amide bonds. The molecule has 0 fully saturated rings. The number of nitrogens with one attached hydrogen (secondary N) is 3. The molecule has 1 aromatic carbocycles. The van der Waals surface area contributed by atoms with Crippen molar-refractivity contribution in [3.63, 3.8) is 0 Å². The lowest BCUT2D eigenvalue weighted by atomic mass is 9.79. The Balaban J connectivity index is 1.54. The normalized spacial score (nSPS) is 24.1. The van der Waals surface area contributed by atoms with Crippen LogP contribution < -0.4 is 16.0 Å². The molecule has 0 saturated carbocycles. The lowest BCUT2D eigenvalue weighted by Gasteiger charge is -2.32. The van der Waals surface area contributed by atoms with Gasteiger partial charge in [-0.3, -0.25) is 14.4 Å². The van der Waals surface area contributed by atoms with Crippen LogP contribution in [0.3, 0.4) is 0 Å². The van der Waals surface area contributed by atoms with Crippen LogP contribution in [0.2, 0.25) is 0 Å². The van der Waals surface area contributed by atoms with Gasteiger partial charge < -0.3 is 20.5 Å². The van der Waals surface area contributed by atoms with Crippen molar-refractivity contribution < 1.29 is 14.4 Å². The number of rotatable bonds is 6. The SMILES string of the molecule is CNC(C)C(=O)NC1CCc2ccn3c2C1C(=O)CC(C(=O)NC(C)c1ccccc1)C3. The highest BCUT2D eigenvalue weighted by molar-refractivity contribution is 5.93. The van der Waals surface area contributed by atoms with Gasteiger partial charge in [0.05, 0.1) is 23.9 Å². The maximum atomic E-state index is 13.4. The maximum Gasteiger partial charge on any atom is 0.237 e. The van der Waals surface area contributed by atoms with E-state index in [9.17, 15) is 14.4 Å². The van der Waals surface area contributed by atoms with Crippen molar-refractivity contribution in [3.05, 3.63) is 59.4 Å². The minimum atomic E-state index is -0.441. The Morgan fingerprint density at radius 2 is 1.88 bits per heavy atom. The molecule has 2 heterocycles. The van der Waals surface area contributed by atoms with Crippen molar-refractivity contribution in [1.29, 1.82) is 0 Å². The van der Waals surface area contributed by atoms with E-state index in [0.29, 0.717) is 6.54 Å². The summed E-state index contributed by atoms with van der Waals surface area (Å²) in [6.45, 7) is 4.23. The lowest BCUT2D eigenvalue weighted by Crippen LogP contribution is -2.50. The van der Waals surface area contributed by atoms with Crippen molar-refractivity contribution in [1.82, 2.24) is 20.5 Å². The first kappa shape index (κ1) is 22.3. The van der Waals surface area contributed by atoms with Crippen LogP contribution in [0.25, 0.3) is 0 Å². The maximum absolute atomic E-state index is 13.4. The molecule has 2 aromatic rings. The summed E-state index contributed by atoms with van der Waals surface area (Å²) in [5, 5.41) is 9.11. The van der Waals surface area contributed by atoms with Crippen molar-refractivity contribution in [2.75, 3.05) is 7.05 Å². The molecular formula is C25H32N4O3. The van der Waals surface area contributed by atoms with Gasteiger partial charge in [0.15, 0.2) is 0 Å². The highest BCUT2D eigenvalue weighted by Crippen LogP contribution is 2.38. The number of amides is 2. The quantitative estimate of drug-likeness (QED) is 0.647. The molecule has 32 heavy (non-hydrogen) atoms. The standard InChI is InChI=1S/C25H32N4O3/c1-15(17-7-5-4-6-8-17)27-25(32)19-13-21(30)22-20(28-24(31)16(2)26-3)10-9-18-11-12-29(14-19)23(18)22/h4-8,11-12,15-16,19-20,22,26H,9-10,13-14H2,1-3H3,(H,27,32)(H,28,31). The molecule has 5 atom stereocenters. The van der Waals surface area contributed by atoms with Crippen LogP contribution >= 0.6 is 0 Å². The minimum Gasteiger partial charge on any atom is -0.351 e. The molecule has 7 heteroatoms. The van der Waals surface area contributed by atoms with Crippen molar-refractivity contribution in [3.8, 4) is 0 Å². The number of hydrogen-bond acceptors (Lipinski definition) is 4. The van der Waals surface area contributed by atoms with Crippen molar-refractivity contribution >= 4 is 17.6 Å². The zero-order valence-corrected chi connectivity index (χ0v) is 18.9. The third kappa shape index (κ3) is 4.35. The summed E-state index contributed by atoms with van der Waals surface area (Å²) in [7, 11) is 1.74. The van der Waals surface area contributed by atoms with Gasteiger partial charge in [-0.05, 0) is 50.9 Å². The first-order valence-electron chi connectivity index (χ1n) is 11.4. The number of carbonyl (C=O) groups is 3. The van der Waals surface area contributed by atoms with E-state index in [4.69, 9.17) is 0 Å². The van der Waals surface area contributed by atoms with E-state index in [0.717, 1.165) is 29.7 Å². The second-order valence-electron chi connectivity index (χ2n) is 9.03. The van der Waals surface area contributed by atoms with Gasteiger partial charge in [-0.15, -0.1) is 0 Å². The van der Waals surface area contributed by atoms with Crippen LogP contribution in [0.15, 0.2) is 42.6 Å². The number of ketones is 1. The first-order chi connectivity index (χ1) is 15.4. The fourth-order valence-corrected chi connectivity index (χ4v) is 4.92. The molecule has 5 unspecified atom stereocenters. The van der Waals surface area contributed by atoms with Gasteiger partial charge >= 0.3 is 0 Å². The molecule has 1 aromatic heterocycles. The number of Topliss-reactive ketones (excluding diaryl/α,β-unsaturated/α-hetero) is 1. The molecule has 0 spiro atoms. The minimum absolute atomic E-state index is 0.0262. The molecule has 7 nitrogen and oxygen atoms in total. The number of carbonyl (C=O) groups excluding carboxylic acids is 3.